The topological polar surface area (TPSA) is 40.5 Å². The van der Waals surface area contributed by atoms with Crippen LogP contribution in [0.1, 0.15) is 20.3 Å². The summed E-state index contributed by atoms with van der Waals surface area (Å²) in [5.41, 5.74) is 0.933. The molecule has 14 heavy (non-hydrogen) atoms. The third-order valence-corrected chi connectivity index (χ3v) is 2.06. The molecule has 3 heteroatoms. The third-order valence-electron chi connectivity index (χ3n) is 2.06. The summed E-state index contributed by atoms with van der Waals surface area (Å²) in [6, 6.07) is -0.471. The van der Waals surface area contributed by atoms with Crippen LogP contribution in [0.5, 0.6) is 0 Å². The van der Waals surface area contributed by atoms with E-state index in [9.17, 15) is 4.79 Å². The van der Waals surface area contributed by atoms with Gasteiger partial charge in [0, 0.05) is 6.54 Å². The van der Waals surface area contributed by atoms with Crippen molar-refractivity contribution in [2.24, 2.45) is 0 Å². The number of carboxylic acids is 1. The molecule has 0 bridgehead atoms. The molecule has 0 aliphatic carbocycles. The standard InChI is InChI=1S/C11H19NO2/c1-5-6-7-9(2)8-12(4)10(3)11(13)14/h6-7,10H,2,5,8H2,1,3-4H3,(H,13,14)/b7-6-/t10-/m1/s1. The molecule has 0 aliphatic rings. The van der Waals surface area contributed by atoms with Crippen molar-refractivity contribution < 1.29 is 9.90 Å². The molecule has 3 nitrogen and oxygen atoms in total. The molecule has 0 saturated carbocycles. The third kappa shape index (κ3) is 4.82. The van der Waals surface area contributed by atoms with Gasteiger partial charge in [-0.2, -0.15) is 0 Å². The molecule has 80 valence electrons. The lowest BCUT2D eigenvalue weighted by molar-refractivity contribution is -0.141. The molecule has 0 heterocycles. The Balaban J connectivity index is 4.05. The van der Waals surface area contributed by atoms with Gasteiger partial charge in [0.25, 0.3) is 0 Å². The molecule has 0 aliphatic heterocycles. The van der Waals surface area contributed by atoms with Crippen molar-refractivity contribution in [2.75, 3.05) is 13.6 Å². The average molecular weight is 197 g/mol. The number of allylic oxidation sites excluding steroid dienone is 1. The normalized spacial score (nSPS) is 13.4. The number of likely N-dealkylation sites (N-methyl/N-ethyl adjacent to an activating group) is 1. The summed E-state index contributed by atoms with van der Waals surface area (Å²) in [6.45, 7) is 8.15. The first-order valence-corrected chi connectivity index (χ1v) is 4.76. The van der Waals surface area contributed by atoms with Gasteiger partial charge in [0.15, 0.2) is 0 Å². The van der Waals surface area contributed by atoms with Gasteiger partial charge in [-0.25, -0.2) is 0 Å². The van der Waals surface area contributed by atoms with E-state index < -0.39 is 12.0 Å². The van der Waals surface area contributed by atoms with Crippen LogP contribution in [0.3, 0.4) is 0 Å². The van der Waals surface area contributed by atoms with Crippen LogP contribution in [0.4, 0.5) is 0 Å². The number of carboxylic acid groups (broad SMARTS) is 1. The highest BCUT2D eigenvalue weighted by Crippen LogP contribution is 2.02. The van der Waals surface area contributed by atoms with E-state index in [1.54, 1.807) is 18.9 Å². The fourth-order valence-corrected chi connectivity index (χ4v) is 0.983. The molecule has 0 spiro atoms. The van der Waals surface area contributed by atoms with Crippen LogP contribution in [0, 0.1) is 0 Å². The van der Waals surface area contributed by atoms with Crippen LogP contribution in [0.2, 0.25) is 0 Å². The Kier molecular flexibility index (Phi) is 5.88. The number of aliphatic carboxylic acids is 1. The van der Waals surface area contributed by atoms with E-state index in [2.05, 4.69) is 6.58 Å². The van der Waals surface area contributed by atoms with E-state index in [1.165, 1.54) is 0 Å². The summed E-state index contributed by atoms with van der Waals surface area (Å²) >= 11 is 0. The molecule has 0 aromatic carbocycles. The number of nitrogens with zero attached hydrogens (tertiary/aromatic N) is 1. The smallest absolute Gasteiger partial charge is 0.320 e. The van der Waals surface area contributed by atoms with Crippen molar-refractivity contribution >= 4 is 5.97 Å². The second kappa shape index (κ2) is 6.38. The van der Waals surface area contributed by atoms with E-state index in [4.69, 9.17) is 5.11 Å². The fourth-order valence-electron chi connectivity index (χ4n) is 0.983. The zero-order valence-electron chi connectivity index (χ0n) is 9.16. The Bertz CT molecular complexity index is 233. The van der Waals surface area contributed by atoms with Gasteiger partial charge in [-0.1, -0.05) is 25.7 Å². The zero-order chi connectivity index (χ0) is 11.1. The number of hydrogen-bond acceptors (Lipinski definition) is 2. The molecule has 1 atom stereocenters. The summed E-state index contributed by atoms with van der Waals surface area (Å²) in [4.78, 5) is 12.4. The molecule has 0 fully saturated rings. The van der Waals surface area contributed by atoms with Crippen molar-refractivity contribution in [3.05, 3.63) is 24.3 Å². The lowest BCUT2D eigenvalue weighted by atomic mass is 10.2. The summed E-state index contributed by atoms with van der Waals surface area (Å²) in [6.07, 6.45) is 4.92. The van der Waals surface area contributed by atoms with Crippen molar-refractivity contribution in [2.45, 2.75) is 26.3 Å². The van der Waals surface area contributed by atoms with Crippen molar-refractivity contribution in [1.29, 1.82) is 0 Å². The van der Waals surface area contributed by atoms with Crippen LogP contribution in [-0.4, -0.2) is 35.6 Å². The van der Waals surface area contributed by atoms with E-state index >= 15 is 0 Å². The molecule has 0 saturated heterocycles. The van der Waals surface area contributed by atoms with E-state index in [1.807, 2.05) is 19.1 Å². The van der Waals surface area contributed by atoms with E-state index in [0.29, 0.717) is 6.54 Å². The van der Waals surface area contributed by atoms with Crippen LogP contribution in [0.15, 0.2) is 24.3 Å². The Morgan fingerprint density at radius 1 is 1.64 bits per heavy atom. The van der Waals surface area contributed by atoms with Gasteiger partial charge in [0.05, 0.1) is 0 Å². The van der Waals surface area contributed by atoms with Gasteiger partial charge in [0.2, 0.25) is 0 Å². The molecule has 0 aromatic rings. The predicted molar refractivity (Wildman–Crippen MR) is 58.3 cm³/mol. The maximum atomic E-state index is 10.6. The molecular weight excluding hydrogens is 178 g/mol. The summed E-state index contributed by atoms with van der Waals surface area (Å²) < 4.78 is 0. The largest absolute Gasteiger partial charge is 0.480 e. The molecule has 0 amide bonds. The quantitative estimate of drug-likeness (QED) is 0.661. The molecule has 0 unspecified atom stereocenters. The number of carbonyl (C=O) groups is 1. The average Bonchev–Trinajstić information content (AvgIpc) is 2.13. The van der Waals surface area contributed by atoms with Gasteiger partial charge in [-0.3, -0.25) is 9.69 Å². The van der Waals surface area contributed by atoms with Crippen LogP contribution >= 0.6 is 0 Å². The highest BCUT2D eigenvalue weighted by atomic mass is 16.4. The maximum Gasteiger partial charge on any atom is 0.320 e. The van der Waals surface area contributed by atoms with Crippen LogP contribution in [0.25, 0.3) is 0 Å². The van der Waals surface area contributed by atoms with Crippen molar-refractivity contribution in [3.8, 4) is 0 Å². The van der Waals surface area contributed by atoms with Crippen LogP contribution < -0.4 is 0 Å². The first kappa shape index (κ1) is 12.9. The van der Waals surface area contributed by atoms with Crippen molar-refractivity contribution in [1.82, 2.24) is 4.90 Å². The van der Waals surface area contributed by atoms with Crippen molar-refractivity contribution in [3.63, 3.8) is 0 Å². The lowest BCUT2D eigenvalue weighted by Crippen LogP contribution is -2.36. The first-order valence-electron chi connectivity index (χ1n) is 4.76. The monoisotopic (exact) mass is 197 g/mol. The minimum Gasteiger partial charge on any atom is -0.480 e. The van der Waals surface area contributed by atoms with Crippen LogP contribution in [-0.2, 0) is 4.79 Å². The summed E-state index contributed by atoms with van der Waals surface area (Å²) in [7, 11) is 1.78. The first-order chi connectivity index (χ1) is 6.49. The van der Waals surface area contributed by atoms with E-state index in [0.717, 1.165) is 12.0 Å². The molecule has 0 radical (unpaired) electrons. The molecule has 0 aromatic heterocycles. The molecule has 1 N–H and O–H groups in total. The second-order valence-electron chi connectivity index (χ2n) is 3.40. The summed E-state index contributed by atoms with van der Waals surface area (Å²) in [5, 5.41) is 8.75. The Labute approximate surface area is 85.7 Å². The minimum atomic E-state index is -0.806. The SMILES string of the molecule is C=C(/C=C\CC)CN(C)[C@H](C)C(=O)O. The van der Waals surface area contributed by atoms with Gasteiger partial charge in [-0.05, 0) is 26.0 Å². The lowest BCUT2D eigenvalue weighted by Gasteiger charge is -2.20. The Morgan fingerprint density at radius 2 is 2.21 bits per heavy atom. The number of rotatable bonds is 6. The minimum absolute atomic E-state index is 0.471. The Hall–Kier alpha value is -1.09. The zero-order valence-corrected chi connectivity index (χ0v) is 9.16. The number of hydrogen-bond donors (Lipinski definition) is 1. The fraction of sp³-hybridized carbons (Fsp3) is 0.545. The van der Waals surface area contributed by atoms with Gasteiger partial charge >= 0.3 is 5.97 Å². The van der Waals surface area contributed by atoms with E-state index in [-0.39, 0.29) is 0 Å². The van der Waals surface area contributed by atoms with Gasteiger partial charge in [0.1, 0.15) is 6.04 Å². The highest BCUT2D eigenvalue weighted by molar-refractivity contribution is 5.72. The highest BCUT2D eigenvalue weighted by Gasteiger charge is 2.16. The van der Waals surface area contributed by atoms with Gasteiger partial charge < -0.3 is 5.11 Å². The summed E-state index contributed by atoms with van der Waals surface area (Å²) in [5.74, 6) is -0.806. The van der Waals surface area contributed by atoms with Gasteiger partial charge in [-0.15, -0.1) is 0 Å². The Morgan fingerprint density at radius 3 is 2.64 bits per heavy atom. The molecular formula is C11H19NO2. The second-order valence-corrected chi connectivity index (χ2v) is 3.40. The maximum absolute atomic E-state index is 10.6. The predicted octanol–water partition coefficient (Wildman–Crippen LogP) is 1.91. The molecule has 0 rings (SSSR count).